The molecule has 5 rings (SSSR count). The summed E-state index contributed by atoms with van der Waals surface area (Å²) in [5.74, 6) is -0.0679. The average molecular weight is 424 g/mol. The van der Waals surface area contributed by atoms with Crippen molar-refractivity contribution in [2.45, 2.75) is 31.3 Å². The van der Waals surface area contributed by atoms with Gasteiger partial charge in [-0.25, -0.2) is 0 Å². The molecular formula is C23H20N8O. The number of fused-ring (bicyclic) bond motifs is 1. The van der Waals surface area contributed by atoms with Crippen molar-refractivity contribution in [2.75, 3.05) is 6.61 Å². The summed E-state index contributed by atoms with van der Waals surface area (Å²) in [5.41, 5.74) is 3.72. The largest absolute Gasteiger partial charge is 0.394 e. The second-order valence-corrected chi connectivity index (χ2v) is 8.12. The molecular weight excluding hydrogens is 404 g/mol. The normalized spacial score (nSPS) is 19.9. The van der Waals surface area contributed by atoms with E-state index in [4.69, 9.17) is 5.10 Å². The van der Waals surface area contributed by atoms with Crippen molar-refractivity contribution in [3.8, 4) is 34.5 Å². The van der Waals surface area contributed by atoms with Crippen LogP contribution in [0.1, 0.15) is 19.3 Å². The first kappa shape index (κ1) is 19.9. The second kappa shape index (κ2) is 7.88. The third-order valence-corrected chi connectivity index (χ3v) is 6.05. The molecule has 0 aliphatic heterocycles. The molecule has 1 aliphatic carbocycles. The molecule has 0 bridgehead atoms. The third kappa shape index (κ3) is 3.29. The monoisotopic (exact) mass is 424 g/mol. The van der Waals surface area contributed by atoms with Crippen LogP contribution in [0.15, 0.2) is 49.1 Å². The number of nitrogens with zero attached hydrogens (tertiary/aromatic N) is 8. The van der Waals surface area contributed by atoms with Gasteiger partial charge in [0.2, 0.25) is 0 Å². The van der Waals surface area contributed by atoms with Crippen LogP contribution in [-0.4, -0.2) is 41.5 Å². The highest BCUT2D eigenvalue weighted by atomic mass is 16.3. The highest BCUT2D eigenvalue weighted by Crippen LogP contribution is 2.45. The van der Waals surface area contributed by atoms with Gasteiger partial charge < -0.3 is 5.11 Å². The fourth-order valence-corrected chi connectivity index (χ4v) is 4.39. The summed E-state index contributed by atoms with van der Waals surface area (Å²) < 4.78 is 1.70. The molecule has 0 atom stereocenters. The van der Waals surface area contributed by atoms with E-state index in [0.29, 0.717) is 25.1 Å². The van der Waals surface area contributed by atoms with Crippen LogP contribution in [0, 0.1) is 28.6 Å². The zero-order valence-corrected chi connectivity index (χ0v) is 17.3. The van der Waals surface area contributed by atoms with Crippen molar-refractivity contribution in [1.82, 2.24) is 29.8 Å². The first-order valence-corrected chi connectivity index (χ1v) is 10.4. The van der Waals surface area contributed by atoms with Gasteiger partial charge in [0.05, 0.1) is 61.1 Å². The van der Waals surface area contributed by atoms with Gasteiger partial charge in [0.15, 0.2) is 0 Å². The standard InChI is InChI=1S/C23H20N8O/c24-4-3-23(10-16(11-23)12-25)31-28-14-22(29-31)20-8-17(9-21-19(20)2-1-5-26-21)18-13-27-30(15-18)6-7-32/h1-2,5,8-9,13-16,32H,3,6-7,10-11H2/t16-,23-. The predicted octanol–water partition coefficient (Wildman–Crippen LogP) is 2.89. The zero-order chi connectivity index (χ0) is 22.1. The number of aromatic nitrogens is 6. The quantitative estimate of drug-likeness (QED) is 0.504. The summed E-state index contributed by atoms with van der Waals surface area (Å²) in [6.45, 7) is 0.448. The topological polar surface area (TPSA) is 129 Å². The molecule has 1 N–H and O–H groups in total. The summed E-state index contributed by atoms with van der Waals surface area (Å²) in [6, 6.07) is 12.4. The van der Waals surface area contributed by atoms with E-state index in [0.717, 1.165) is 27.6 Å². The Morgan fingerprint density at radius 2 is 2.03 bits per heavy atom. The maximum atomic E-state index is 9.32. The van der Waals surface area contributed by atoms with Crippen molar-refractivity contribution in [3.63, 3.8) is 0 Å². The van der Waals surface area contributed by atoms with Crippen molar-refractivity contribution in [1.29, 1.82) is 10.5 Å². The van der Waals surface area contributed by atoms with Crippen molar-refractivity contribution in [3.05, 3.63) is 49.1 Å². The Balaban J connectivity index is 1.58. The minimum absolute atomic E-state index is 0.0197. The number of aliphatic hydroxyl groups is 1. The van der Waals surface area contributed by atoms with E-state index < -0.39 is 5.54 Å². The highest BCUT2D eigenvalue weighted by molar-refractivity contribution is 5.97. The molecule has 1 aromatic carbocycles. The van der Waals surface area contributed by atoms with Crippen molar-refractivity contribution < 1.29 is 5.11 Å². The van der Waals surface area contributed by atoms with Crippen LogP contribution in [0.3, 0.4) is 0 Å². The summed E-state index contributed by atoms with van der Waals surface area (Å²) in [6.07, 6.45) is 8.54. The third-order valence-electron chi connectivity index (χ3n) is 6.05. The molecule has 3 aromatic heterocycles. The highest BCUT2D eigenvalue weighted by Gasteiger charge is 2.48. The molecule has 0 unspecified atom stereocenters. The smallest absolute Gasteiger partial charge is 0.113 e. The molecule has 0 amide bonds. The van der Waals surface area contributed by atoms with E-state index >= 15 is 0 Å². The van der Waals surface area contributed by atoms with Crippen LogP contribution in [0.25, 0.3) is 33.3 Å². The number of hydrogen-bond donors (Lipinski definition) is 1. The number of rotatable bonds is 6. The Kier molecular flexibility index (Phi) is 4.89. The van der Waals surface area contributed by atoms with Gasteiger partial charge in [-0.15, -0.1) is 0 Å². The number of aliphatic hydroxyl groups excluding tert-OH is 1. The minimum Gasteiger partial charge on any atom is -0.394 e. The summed E-state index contributed by atoms with van der Waals surface area (Å²) >= 11 is 0. The van der Waals surface area contributed by atoms with E-state index in [9.17, 15) is 15.6 Å². The lowest BCUT2D eigenvalue weighted by Crippen LogP contribution is -2.47. The van der Waals surface area contributed by atoms with Gasteiger partial charge in [0, 0.05) is 28.9 Å². The number of benzene rings is 1. The average Bonchev–Trinajstić information content (AvgIpc) is 3.46. The lowest BCUT2D eigenvalue weighted by Gasteiger charge is -2.42. The molecule has 0 spiro atoms. The number of nitriles is 2. The van der Waals surface area contributed by atoms with Crippen LogP contribution in [0.4, 0.5) is 0 Å². The Bertz CT molecular complexity index is 1370. The summed E-state index contributed by atoms with van der Waals surface area (Å²) in [5, 5.41) is 42.2. The molecule has 1 aliphatic rings. The first-order chi connectivity index (χ1) is 15.7. The van der Waals surface area contributed by atoms with Gasteiger partial charge in [-0.1, -0.05) is 6.07 Å². The maximum Gasteiger partial charge on any atom is 0.113 e. The fourth-order valence-electron chi connectivity index (χ4n) is 4.39. The first-order valence-electron chi connectivity index (χ1n) is 10.4. The molecule has 0 saturated heterocycles. The van der Waals surface area contributed by atoms with E-state index in [2.05, 4.69) is 27.3 Å². The molecule has 3 heterocycles. The summed E-state index contributed by atoms with van der Waals surface area (Å²) in [7, 11) is 0. The van der Waals surface area contributed by atoms with Crippen LogP contribution in [0.2, 0.25) is 0 Å². The summed E-state index contributed by atoms with van der Waals surface area (Å²) in [4.78, 5) is 6.15. The number of hydrogen-bond acceptors (Lipinski definition) is 7. The molecule has 1 saturated carbocycles. The van der Waals surface area contributed by atoms with Crippen molar-refractivity contribution >= 4 is 10.9 Å². The SMILES string of the molecule is N#CC[C@]1(n2ncc(-c3cc(-c4cnn(CCO)c4)cc4ncccc34)n2)C[C@H](C#N)C1. The van der Waals surface area contributed by atoms with Crippen LogP contribution >= 0.6 is 0 Å². The van der Waals surface area contributed by atoms with E-state index in [1.807, 2.05) is 30.5 Å². The van der Waals surface area contributed by atoms with E-state index in [1.54, 1.807) is 28.1 Å². The zero-order valence-electron chi connectivity index (χ0n) is 17.3. The van der Waals surface area contributed by atoms with Gasteiger partial charge in [-0.3, -0.25) is 9.67 Å². The predicted molar refractivity (Wildman–Crippen MR) is 116 cm³/mol. The fraction of sp³-hybridized carbons (Fsp3) is 0.304. The van der Waals surface area contributed by atoms with Crippen molar-refractivity contribution in [2.24, 2.45) is 5.92 Å². The van der Waals surface area contributed by atoms with Gasteiger partial charge >= 0.3 is 0 Å². The molecule has 9 heteroatoms. The molecule has 32 heavy (non-hydrogen) atoms. The lowest BCUT2D eigenvalue weighted by molar-refractivity contribution is 0.0713. The van der Waals surface area contributed by atoms with Gasteiger partial charge in [0.1, 0.15) is 5.69 Å². The molecule has 0 radical (unpaired) electrons. The van der Waals surface area contributed by atoms with Crippen LogP contribution in [-0.2, 0) is 12.1 Å². The number of pyridine rings is 1. The van der Waals surface area contributed by atoms with Gasteiger partial charge in [0.25, 0.3) is 0 Å². The Labute approximate surface area is 184 Å². The Hall–Kier alpha value is -4.08. The molecule has 1 fully saturated rings. The Morgan fingerprint density at radius 3 is 2.81 bits per heavy atom. The van der Waals surface area contributed by atoms with E-state index in [1.165, 1.54) is 0 Å². The molecule has 4 aromatic rings. The van der Waals surface area contributed by atoms with Gasteiger partial charge in [-0.2, -0.15) is 30.6 Å². The Morgan fingerprint density at radius 1 is 1.16 bits per heavy atom. The minimum atomic E-state index is -0.523. The lowest BCUT2D eigenvalue weighted by atomic mass is 9.68. The second-order valence-electron chi connectivity index (χ2n) is 8.12. The van der Waals surface area contributed by atoms with E-state index in [-0.39, 0.29) is 18.9 Å². The molecule has 9 nitrogen and oxygen atoms in total. The van der Waals surface area contributed by atoms with Gasteiger partial charge in [-0.05, 0) is 36.6 Å². The van der Waals surface area contributed by atoms with Crippen LogP contribution < -0.4 is 0 Å². The van der Waals surface area contributed by atoms with Crippen LogP contribution in [0.5, 0.6) is 0 Å². The molecule has 158 valence electrons. The maximum absolute atomic E-state index is 9.32.